The molecule has 1 aromatic heterocycles. The molecule has 1 rings (SSSR count). The first-order valence-electron chi connectivity index (χ1n) is 6.03. The summed E-state index contributed by atoms with van der Waals surface area (Å²) in [6.07, 6.45) is 2.53. The Bertz CT molecular complexity index is 365. The van der Waals surface area contributed by atoms with E-state index in [1.54, 1.807) is 18.0 Å². The number of carbonyl (C=O) groups excluding carboxylic acids is 1. The zero-order valence-electron chi connectivity index (χ0n) is 11.2. The monoisotopic (exact) mass is 255 g/mol. The summed E-state index contributed by atoms with van der Waals surface area (Å²) in [5, 5.41) is 7.02. The summed E-state index contributed by atoms with van der Waals surface area (Å²) in [4.78, 5) is 11.7. The lowest BCUT2D eigenvalue weighted by atomic mass is 10.1. The molecule has 1 amide bonds. The van der Waals surface area contributed by atoms with Gasteiger partial charge in [-0.2, -0.15) is 5.10 Å². The normalized spacial score (nSPS) is 12.4. The van der Waals surface area contributed by atoms with Crippen LogP contribution in [0.3, 0.4) is 0 Å². The van der Waals surface area contributed by atoms with Gasteiger partial charge in [0, 0.05) is 20.4 Å². The van der Waals surface area contributed by atoms with E-state index in [1.807, 2.05) is 20.0 Å². The first kappa shape index (κ1) is 14.7. The van der Waals surface area contributed by atoms with Crippen molar-refractivity contribution < 1.29 is 14.3 Å². The smallest absolute Gasteiger partial charge is 0.246 e. The van der Waals surface area contributed by atoms with Crippen molar-refractivity contribution in [3.05, 3.63) is 18.0 Å². The predicted molar refractivity (Wildman–Crippen MR) is 67.1 cm³/mol. The van der Waals surface area contributed by atoms with Crippen LogP contribution in [-0.2, 0) is 21.3 Å². The Morgan fingerprint density at radius 2 is 2.33 bits per heavy atom. The summed E-state index contributed by atoms with van der Waals surface area (Å²) in [7, 11) is 3.46. The molecule has 0 aromatic carbocycles. The van der Waals surface area contributed by atoms with Crippen LogP contribution in [0.2, 0.25) is 0 Å². The number of amides is 1. The lowest BCUT2D eigenvalue weighted by molar-refractivity contribution is -0.127. The van der Waals surface area contributed by atoms with Crippen LogP contribution in [0.5, 0.6) is 0 Å². The maximum Gasteiger partial charge on any atom is 0.246 e. The first-order valence-corrected chi connectivity index (χ1v) is 6.03. The molecule has 0 unspecified atom stereocenters. The fourth-order valence-electron chi connectivity index (χ4n) is 1.65. The molecule has 0 aliphatic carbocycles. The van der Waals surface area contributed by atoms with E-state index in [9.17, 15) is 4.79 Å². The van der Waals surface area contributed by atoms with Gasteiger partial charge in [0.2, 0.25) is 5.91 Å². The van der Waals surface area contributed by atoms with Crippen molar-refractivity contribution in [3.8, 4) is 0 Å². The number of hydrogen-bond acceptors (Lipinski definition) is 4. The number of methoxy groups -OCH3 is 1. The summed E-state index contributed by atoms with van der Waals surface area (Å²) in [6, 6.07) is 1.87. The van der Waals surface area contributed by atoms with Crippen molar-refractivity contribution in [2.24, 2.45) is 7.05 Å². The number of ether oxygens (including phenoxy) is 2. The molecule has 0 fully saturated rings. The van der Waals surface area contributed by atoms with Crippen LogP contribution in [0, 0.1) is 0 Å². The fraction of sp³-hybridized carbons (Fsp3) is 0.667. The summed E-state index contributed by atoms with van der Waals surface area (Å²) >= 11 is 0. The van der Waals surface area contributed by atoms with Crippen LogP contribution in [0.15, 0.2) is 12.3 Å². The minimum absolute atomic E-state index is 0.0315. The van der Waals surface area contributed by atoms with Gasteiger partial charge in [-0.05, 0) is 12.5 Å². The maximum absolute atomic E-state index is 11.7. The highest BCUT2D eigenvalue weighted by Crippen LogP contribution is 2.14. The molecule has 0 aliphatic rings. The number of rotatable bonds is 8. The average Bonchev–Trinajstić information content (AvgIpc) is 2.78. The second-order valence-corrected chi connectivity index (χ2v) is 3.95. The molecule has 18 heavy (non-hydrogen) atoms. The van der Waals surface area contributed by atoms with Crippen LogP contribution >= 0.6 is 0 Å². The molecular weight excluding hydrogens is 234 g/mol. The Hall–Kier alpha value is -1.40. The molecule has 1 N–H and O–H groups in total. The topological polar surface area (TPSA) is 65.4 Å². The molecule has 0 aliphatic heterocycles. The number of aromatic nitrogens is 2. The summed E-state index contributed by atoms with van der Waals surface area (Å²) < 4.78 is 11.8. The van der Waals surface area contributed by atoms with Crippen LogP contribution in [0.4, 0.5) is 0 Å². The third-order valence-electron chi connectivity index (χ3n) is 2.62. The number of hydrogen-bond donors (Lipinski definition) is 1. The summed E-state index contributed by atoms with van der Waals surface area (Å²) in [5.41, 5.74) is 0.989. The van der Waals surface area contributed by atoms with Gasteiger partial charge in [0.25, 0.3) is 0 Å². The van der Waals surface area contributed by atoms with Crippen LogP contribution in [0.25, 0.3) is 0 Å². The minimum atomic E-state index is -0.126. The predicted octanol–water partition coefficient (Wildman–Crippen LogP) is 0.650. The van der Waals surface area contributed by atoms with Crippen molar-refractivity contribution in [3.63, 3.8) is 0 Å². The Balaban J connectivity index is 2.39. The number of nitrogens with one attached hydrogen (secondary N) is 1. The molecule has 1 aromatic rings. The molecule has 1 atom stereocenters. The van der Waals surface area contributed by atoms with Gasteiger partial charge in [0.15, 0.2) is 0 Å². The molecule has 0 spiro atoms. The molecule has 0 saturated carbocycles. The Morgan fingerprint density at radius 1 is 1.56 bits per heavy atom. The average molecular weight is 255 g/mol. The van der Waals surface area contributed by atoms with Crippen LogP contribution < -0.4 is 5.32 Å². The van der Waals surface area contributed by atoms with Crippen molar-refractivity contribution >= 4 is 5.91 Å². The molecule has 0 radical (unpaired) electrons. The number of nitrogens with zero attached hydrogens (tertiary/aromatic N) is 2. The van der Waals surface area contributed by atoms with Crippen LogP contribution in [-0.4, -0.2) is 42.6 Å². The first-order chi connectivity index (χ1) is 8.69. The van der Waals surface area contributed by atoms with Gasteiger partial charge in [0.05, 0.1) is 24.9 Å². The molecule has 6 heteroatoms. The zero-order valence-corrected chi connectivity index (χ0v) is 11.2. The van der Waals surface area contributed by atoms with Gasteiger partial charge in [-0.3, -0.25) is 9.48 Å². The van der Waals surface area contributed by atoms with E-state index in [-0.39, 0.29) is 18.6 Å². The van der Waals surface area contributed by atoms with Crippen molar-refractivity contribution in [1.82, 2.24) is 15.1 Å². The molecule has 102 valence electrons. The number of carbonyl (C=O) groups is 1. The van der Waals surface area contributed by atoms with Crippen molar-refractivity contribution in [2.45, 2.75) is 19.4 Å². The molecule has 1 heterocycles. The Kier molecular flexibility index (Phi) is 6.38. The van der Waals surface area contributed by atoms with E-state index in [4.69, 9.17) is 9.47 Å². The largest absolute Gasteiger partial charge is 0.382 e. The van der Waals surface area contributed by atoms with E-state index in [0.29, 0.717) is 13.2 Å². The van der Waals surface area contributed by atoms with Gasteiger partial charge in [-0.1, -0.05) is 6.92 Å². The standard InChI is InChI=1S/C12H21N3O3/c1-4-10(11-5-6-13-15(11)2)14-12(16)9-18-8-7-17-3/h5-6,10H,4,7-9H2,1-3H3,(H,14,16)/t10-/m0/s1. The third-order valence-corrected chi connectivity index (χ3v) is 2.62. The van der Waals surface area contributed by atoms with Gasteiger partial charge < -0.3 is 14.8 Å². The molecule has 6 nitrogen and oxygen atoms in total. The van der Waals surface area contributed by atoms with Gasteiger partial charge in [-0.15, -0.1) is 0 Å². The summed E-state index contributed by atoms with van der Waals surface area (Å²) in [6.45, 7) is 2.99. The van der Waals surface area contributed by atoms with Gasteiger partial charge in [0.1, 0.15) is 6.61 Å². The van der Waals surface area contributed by atoms with Crippen LogP contribution in [0.1, 0.15) is 25.1 Å². The third kappa shape index (κ3) is 4.46. The van der Waals surface area contributed by atoms with E-state index >= 15 is 0 Å². The van der Waals surface area contributed by atoms with Crippen molar-refractivity contribution in [1.29, 1.82) is 0 Å². The second kappa shape index (κ2) is 7.84. The van der Waals surface area contributed by atoms with Gasteiger partial charge >= 0.3 is 0 Å². The highest BCUT2D eigenvalue weighted by atomic mass is 16.5. The second-order valence-electron chi connectivity index (χ2n) is 3.95. The van der Waals surface area contributed by atoms with E-state index < -0.39 is 0 Å². The Labute approximate surface area is 107 Å². The fourth-order valence-corrected chi connectivity index (χ4v) is 1.65. The number of aryl methyl sites for hydroxylation is 1. The quantitative estimate of drug-likeness (QED) is 0.693. The summed E-state index contributed by atoms with van der Waals surface area (Å²) in [5.74, 6) is -0.126. The van der Waals surface area contributed by atoms with Crippen molar-refractivity contribution in [2.75, 3.05) is 26.9 Å². The minimum Gasteiger partial charge on any atom is -0.382 e. The lowest BCUT2D eigenvalue weighted by Gasteiger charge is -2.17. The molecule has 0 bridgehead atoms. The molecule has 0 saturated heterocycles. The highest BCUT2D eigenvalue weighted by Gasteiger charge is 2.15. The highest BCUT2D eigenvalue weighted by molar-refractivity contribution is 5.77. The SMILES string of the molecule is CC[C@H](NC(=O)COCCOC)c1ccnn1C. The van der Waals surface area contributed by atoms with E-state index in [2.05, 4.69) is 10.4 Å². The Morgan fingerprint density at radius 3 is 2.89 bits per heavy atom. The molecular formula is C12H21N3O3. The van der Waals surface area contributed by atoms with E-state index in [0.717, 1.165) is 12.1 Å². The maximum atomic E-state index is 11.7. The van der Waals surface area contributed by atoms with E-state index in [1.165, 1.54) is 0 Å². The zero-order chi connectivity index (χ0) is 13.4. The van der Waals surface area contributed by atoms with Gasteiger partial charge in [-0.25, -0.2) is 0 Å². The lowest BCUT2D eigenvalue weighted by Crippen LogP contribution is -2.32.